The zero-order chi connectivity index (χ0) is 8.53. The third-order valence-electron chi connectivity index (χ3n) is 1.41. The van der Waals surface area contributed by atoms with Gasteiger partial charge in [0.15, 0.2) is 0 Å². The maximum absolute atomic E-state index is 10.6. The van der Waals surface area contributed by atoms with Gasteiger partial charge in [0.25, 0.3) is 5.24 Å². The molecule has 0 fully saturated rings. The lowest BCUT2D eigenvalue weighted by Gasteiger charge is -2.00. The van der Waals surface area contributed by atoms with Crippen molar-refractivity contribution < 1.29 is 4.79 Å². The van der Waals surface area contributed by atoms with Crippen molar-refractivity contribution in [2.45, 2.75) is 32.6 Å². The predicted octanol–water partition coefficient (Wildman–Crippen LogP) is 1.88. The molecule has 0 bridgehead atoms. The van der Waals surface area contributed by atoms with Gasteiger partial charge in [-0.3, -0.25) is 9.93 Å². The van der Waals surface area contributed by atoms with Crippen LogP contribution in [-0.2, 0) is 0 Å². The molecule has 66 valence electrons. The number of carbonyl (C=O) groups excluding carboxylic acids is 1. The molecule has 0 saturated carbocycles. The second kappa shape index (κ2) is 7.88. The summed E-state index contributed by atoms with van der Waals surface area (Å²) in [6.07, 6.45) is 4.71. The maximum atomic E-state index is 10.6. The molecular formula is C7H16N2OS. The van der Waals surface area contributed by atoms with E-state index in [0.717, 1.165) is 24.9 Å². The Morgan fingerprint density at radius 3 is 2.73 bits per heavy atom. The zero-order valence-corrected chi connectivity index (χ0v) is 7.75. The summed E-state index contributed by atoms with van der Waals surface area (Å²) in [4.78, 5) is 10.6. The van der Waals surface area contributed by atoms with E-state index in [1.165, 1.54) is 19.3 Å². The fourth-order valence-corrected chi connectivity index (χ4v) is 0.969. The van der Waals surface area contributed by atoms with Crippen LogP contribution in [0.4, 0.5) is 4.79 Å². The molecule has 0 aromatic rings. The van der Waals surface area contributed by atoms with Gasteiger partial charge in [0.05, 0.1) is 0 Å². The number of unbranched alkanes of at least 4 members (excludes halogenated alkanes) is 3. The van der Waals surface area contributed by atoms with Crippen LogP contribution in [0.1, 0.15) is 32.6 Å². The van der Waals surface area contributed by atoms with Crippen LogP contribution >= 0.6 is 11.9 Å². The highest BCUT2D eigenvalue weighted by Gasteiger charge is 1.95. The first-order valence-electron chi connectivity index (χ1n) is 3.95. The van der Waals surface area contributed by atoms with Crippen LogP contribution in [0.5, 0.6) is 0 Å². The minimum atomic E-state index is -0.138. The van der Waals surface area contributed by atoms with Gasteiger partial charge in [-0.1, -0.05) is 26.2 Å². The lowest BCUT2D eigenvalue weighted by Crippen LogP contribution is -2.20. The third-order valence-corrected chi connectivity index (χ3v) is 1.77. The monoisotopic (exact) mass is 176 g/mol. The van der Waals surface area contributed by atoms with Crippen molar-refractivity contribution in [3.8, 4) is 0 Å². The van der Waals surface area contributed by atoms with Gasteiger partial charge in [0, 0.05) is 18.5 Å². The van der Waals surface area contributed by atoms with Gasteiger partial charge in [-0.05, 0) is 6.42 Å². The summed E-state index contributed by atoms with van der Waals surface area (Å²) in [5, 5.41) is 7.57. The molecule has 4 heteroatoms. The Balaban J connectivity index is 2.95. The Kier molecular flexibility index (Phi) is 7.72. The number of rotatable bonds is 5. The molecule has 0 aromatic carbocycles. The maximum Gasteiger partial charge on any atom is 0.293 e. The molecule has 0 aromatic heterocycles. The quantitative estimate of drug-likeness (QED) is 0.497. The number of carbonyl (C=O) groups is 1. The number of nitrogens with one attached hydrogen (secondary N) is 1. The third kappa shape index (κ3) is 7.68. The average molecular weight is 176 g/mol. The SMILES string of the molecule is CCCCCCNC(=O)SN. The molecule has 0 aliphatic rings. The fraction of sp³-hybridized carbons (Fsp3) is 0.857. The van der Waals surface area contributed by atoms with Crippen LogP contribution in [0.25, 0.3) is 0 Å². The van der Waals surface area contributed by atoms with Crippen molar-refractivity contribution >= 4 is 17.2 Å². The van der Waals surface area contributed by atoms with Crippen molar-refractivity contribution in [2.24, 2.45) is 5.14 Å². The molecule has 0 radical (unpaired) electrons. The first kappa shape index (κ1) is 10.8. The van der Waals surface area contributed by atoms with Crippen molar-refractivity contribution in [3.05, 3.63) is 0 Å². The second-order valence-corrected chi connectivity index (χ2v) is 3.00. The van der Waals surface area contributed by atoms with Gasteiger partial charge in [-0.15, -0.1) is 0 Å². The zero-order valence-electron chi connectivity index (χ0n) is 6.93. The van der Waals surface area contributed by atoms with E-state index in [2.05, 4.69) is 12.2 Å². The first-order valence-corrected chi connectivity index (χ1v) is 4.83. The molecule has 3 nitrogen and oxygen atoms in total. The minimum Gasteiger partial charge on any atom is -0.346 e. The van der Waals surface area contributed by atoms with Gasteiger partial charge >= 0.3 is 0 Å². The number of nitrogens with two attached hydrogens (primary N) is 1. The summed E-state index contributed by atoms with van der Waals surface area (Å²) in [5.74, 6) is 0. The Bertz CT molecular complexity index is 109. The second-order valence-electron chi connectivity index (χ2n) is 2.39. The van der Waals surface area contributed by atoms with Crippen LogP contribution in [0.3, 0.4) is 0 Å². The fourth-order valence-electron chi connectivity index (χ4n) is 0.784. The van der Waals surface area contributed by atoms with E-state index < -0.39 is 0 Å². The summed E-state index contributed by atoms with van der Waals surface area (Å²) < 4.78 is 0. The largest absolute Gasteiger partial charge is 0.346 e. The van der Waals surface area contributed by atoms with E-state index in [1.54, 1.807) is 0 Å². The Morgan fingerprint density at radius 1 is 1.45 bits per heavy atom. The summed E-state index contributed by atoms with van der Waals surface area (Å²) in [6.45, 7) is 2.91. The normalized spacial score (nSPS) is 9.64. The van der Waals surface area contributed by atoms with E-state index in [-0.39, 0.29) is 5.24 Å². The summed E-state index contributed by atoms with van der Waals surface area (Å²) >= 11 is 0.739. The molecule has 0 atom stereocenters. The molecule has 0 aliphatic carbocycles. The number of hydrogen-bond donors (Lipinski definition) is 2. The molecule has 0 aliphatic heterocycles. The van der Waals surface area contributed by atoms with E-state index in [0.29, 0.717) is 0 Å². The average Bonchev–Trinajstić information content (AvgIpc) is 2.04. The highest BCUT2D eigenvalue weighted by Crippen LogP contribution is 1.97. The van der Waals surface area contributed by atoms with Crippen LogP contribution in [0, 0.1) is 0 Å². The van der Waals surface area contributed by atoms with Crippen LogP contribution in [0.2, 0.25) is 0 Å². The first-order chi connectivity index (χ1) is 5.31. The molecule has 11 heavy (non-hydrogen) atoms. The molecule has 0 spiro atoms. The number of hydrogen-bond acceptors (Lipinski definition) is 3. The lowest BCUT2D eigenvalue weighted by molar-refractivity contribution is 0.260. The highest BCUT2D eigenvalue weighted by atomic mass is 32.2. The molecule has 0 rings (SSSR count). The predicted molar refractivity (Wildman–Crippen MR) is 49.3 cm³/mol. The number of amides is 1. The van der Waals surface area contributed by atoms with E-state index in [1.807, 2.05) is 0 Å². The molecule has 0 unspecified atom stereocenters. The van der Waals surface area contributed by atoms with Gasteiger partial charge in [0.1, 0.15) is 0 Å². The van der Waals surface area contributed by atoms with Crippen molar-refractivity contribution in [1.82, 2.24) is 5.32 Å². The lowest BCUT2D eigenvalue weighted by atomic mass is 10.2. The Labute approximate surface area is 72.2 Å². The molecule has 1 amide bonds. The standard InChI is InChI=1S/C7H16N2OS/c1-2-3-4-5-6-9-7(10)11-8/h2-6,8H2,1H3,(H,9,10). The Morgan fingerprint density at radius 2 is 2.18 bits per heavy atom. The van der Waals surface area contributed by atoms with E-state index >= 15 is 0 Å². The highest BCUT2D eigenvalue weighted by molar-refractivity contribution is 8.11. The van der Waals surface area contributed by atoms with Crippen LogP contribution in [-0.4, -0.2) is 11.8 Å². The van der Waals surface area contributed by atoms with Gasteiger partial charge in [-0.25, -0.2) is 0 Å². The van der Waals surface area contributed by atoms with Crippen LogP contribution in [0.15, 0.2) is 0 Å². The summed E-state index contributed by atoms with van der Waals surface area (Å²) in [5.41, 5.74) is 0. The topological polar surface area (TPSA) is 55.1 Å². The van der Waals surface area contributed by atoms with E-state index in [9.17, 15) is 4.79 Å². The molecule has 3 N–H and O–H groups in total. The summed E-state index contributed by atoms with van der Waals surface area (Å²) in [7, 11) is 0. The van der Waals surface area contributed by atoms with Crippen molar-refractivity contribution in [1.29, 1.82) is 0 Å². The van der Waals surface area contributed by atoms with Crippen LogP contribution < -0.4 is 10.5 Å². The smallest absolute Gasteiger partial charge is 0.293 e. The van der Waals surface area contributed by atoms with Gasteiger partial charge in [-0.2, -0.15) is 0 Å². The van der Waals surface area contributed by atoms with Gasteiger partial charge in [0.2, 0.25) is 0 Å². The molecule has 0 saturated heterocycles. The molecular weight excluding hydrogens is 160 g/mol. The van der Waals surface area contributed by atoms with Crippen molar-refractivity contribution in [3.63, 3.8) is 0 Å². The molecule has 0 heterocycles. The van der Waals surface area contributed by atoms with Gasteiger partial charge < -0.3 is 5.32 Å². The minimum absolute atomic E-state index is 0.138. The Hall–Kier alpha value is -0.220. The van der Waals surface area contributed by atoms with Crippen molar-refractivity contribution in [2.75, 3.05) is 6.54 Å². The summed E-state index contributed by atoms with van der Waals surface area (Å²) in [6, 6.07) is 0. The van der Waals surface area contributed by atoms with E-state index in [4.69, 9.17) is 5.14 Å².